The van der Waals surface area contributed by atoms with Gasteiger partial charge in [0.25, 0.3) is 0 Å². The summed E-state index contributed by atoms with van der Waals surface area (Å²) in [7, 11) is -3.27. The van der Waals surface area contributed by atoms with Crippen LogP contribution in [0.3, 0.4) is 0 Å². The van der Waals surface area contributed by atoms with Crippen LogP contribution in [0.2, 0.25) is 0 Å². The van der Waals surface area contributed by atoms with E-state index in [1.165, 1.54) is 10.6 Å². The Kier molecular flexibility index (Phi) is 7.19. The number of aryl methyl sites for hydroxylation is 1. The van der Waals surface area contributed by atoms with Crippen molar-refractivity contribution in [3.8, 4) is 5.75 Å². The first kappa shape index (κ1) is 22.1. The molecule has 0 aliphatic carbocycles. The van der Waals surface area contributed by atoms with Crippen LogP contribution in [0.15, 0.2) is 18.2 Å². The Morgan fingerprint density at radius 3 is 2.55 bits per heavy atom. The lowest BCUT2D eigenvalue weighted by Crippen LogP contribution is -2.51. The van der Waals surface area contributed by atoms with Gasteiger partial charge in [0.2, 0.25) is 15.9 Å². The van der Waals surface area contributed by atoms with Crippen molar-refractivity contribution in [1.82, 2.24) is 14.1 Å². The van der Waals surface area contributed by atoms with E-state index in [2.05, 4.69) is 18.7 Å². The molecule has 2 aliphatic rings. The highest BCUT2D eigenvalue weighted by Crippen LogP contribution is 2.26. The molecular formula is C21H33N3O4S. The molecule has 29 heavy (non-hydrogen) atoms. The number of fused-ring (bicyclic) bond motifs is 1. The highest BCUT2D eigenvalue weighted by atomic mass is 32.2. The fourth-order valence-corrected chi connectivity index (χ4v) is 4.72. The minimum Gasteiger partial charge on any atom is -0.492 e. The van der Waals surface area contributed by atoms with E-state index in [-0.39, 0.29) is 5.91 Å². The van der Waals surface area contributed by atoms with E-state index in [4.69, 9.17) is 4.74 Å². The minimum absolute atomic E-state index is 0.192. The van der Waals surface area contributed by atoms with Gasteiger partial charge in [0, 0.05) is 57.3 Å². The number of piperazine rings is 1. The number of nitrogens with zero attached hydrogens (tertiary/aromatic N) is 3. The fraction of sp³-hybridized carbons (Fsp3) is 0.667. The van der Waals surface area contributed by atoms with Crippen molar-refractivity contribution >= 4 is 15.9 Å². The summed E-state index contributed by atoms with van der Waals surface area (Å²) in [6, 6.07) is 6.42. The molecule has 1 amide bonds. The van der Waals surface area contributed by atoms with Crippen LogP contribution >= 0.6 is 0 Å². The van der Waals surface area contributed by atoms with Gasteiger partial charge < -0.3 is 9.64 Å². The number of carbonyl (C=O) groups is 1. The average Bonchev–Trinajstić information content (AvgIpc) is 2.93. The summed E-state index contributed by atoms with van der Waals surface area (Å²) in [5.41, 5.74) is 1.90. The summed E-state index contributed by atoms with van der Waals surface area (Å²) in [5.74, 6) is 0.921. The smallest absolute Gasteiger partial charge is 0.222 e. The minimum atomic E-state index is -3.27. The molecular weight excluding hydrogens is 390 g/mol. The monoisotopic (exact) mass is 423 g/mol. The third-order valence-electron chi connectivity index (χ3n) is 6.05. The molecule has 0 bridgehead atoms. The molecule has 162 valence electrons. The van der Waals surface area contributed by atoms with Crippen molar-refractivity contribution in [2.24, 2.45) is 0 Å². The van der Waals surface area contributed by atoms with Gasteiger partial charge in [0.05, 0.1) is 6.26 Å². The first-order chi connectivity index (χ1) is 13.8. The molecule has 0 N–H and O–H groups in total. The molecule has 1 atom stereocenters. The molecule has 7 nitrogen and oxygen atoms in total. The van der Waals surface area contributed by atoms with E-state index in [9.17, 15) is 13.2 Å². The van der Waals surface area contributed by atoms with Crippen LogP contribution < -0.4 is 4.74 Å². The van der Waals surface area contributed by atoms with Gasteiger partial charge in [-0.25, -0.2) is 8.42 Å². The molecule has 2 aliphatic heterocycles. The van der Waals surface area contributed by atoms with Crippen molar-refractivity contribution in [3.05, 3.63) is 29.3 Å². The molecule has 0 saturated carbocycles. The lowest BCUT2D eigenvalue weighted by Gasteiger charge is -2.37. The Labute approximate surface area is 174 Å². The summed E-state index contributed by atoms with van der Waals surface area (Å²) in [5, 5.41) is 0. The number of rotatable bonds is 6. The van der Waals surface area contributed by atoms with Gasteiger partial charge in [-0.3, -0.25) is 9.69 Å². The van der Waals surface area contributed by atoms with Crippen LogP contribution in [0, 0.1) is 0 Å². The van der Waals surface area contributed by atoms with E-state index in [0.717, 1.165) is 49.5 Å². The number of amides is 1. The van der Waals surface area contributed by atoms with Gasteiger partial charge >= 0.3 is 0 Å². The molecule has 2 heterocycles. The zero-order valence-electron chi connectivity index (χ0n) is 17.8. The van der Waals surface area contributed by atoms with Crippen molar-refractivity contribution in [2.75, 3.05) is 45.6 Å². The Morgan fingerprint density at radius 1 is 1.17 bits per heavy atom. The third-order valence-corrected chi connectivity index (χ3v) is 7.30. The maximum atomic E-state index is 12.6. The number of benzene rings is 1. The zero-order chi connectivity index (χ0) is 21.0. The Morgan fingerprint density at radius 2 is 1.90 bits per heavy atom. The predicted octanol–water partition coefficient (Wildman–Crippen LogP) is 1.72. The van der Waals surface area contributed by atoms with Crippen molar-refractivity contribution in [2.45, 2.75) is 45.7 Å². The standard InChI is InChI=1S/C21H33N3O4S/c1-4-17(2)22-9-11-23(12-10-22)21(25)8-6-18-5-7-20-19(15-18)16-24(13-14-28-20)29(3,26)27/h5,7,15,17H,4,6,8-14,16H2,1-3H3. The largest absolute Gasteiger partial charge is 0.492 e. The van der Waals surface area contributed by atoms with Crippen LogP contribution in [-0.2, 0) is 27.8 Å². The average molecular weight is 424 g/mol. The maximum Gasteiger partial charge on any atom is 0.222 e. The number of hydrogen-bond acceptors (Lipinski definition) is 5. The maximum absolute atomic E-state index is 12.6. The third kappa shape index (κ3) is 5.71. The van der Waals surface area contributed by atoms with Gasteiger partial charge in [-0.2, -0.15) is 4.31 Å². The lowest BCUT2D eigenvalue weighted by atomic mass is 10.0. The topological polar surface area (TPSA) is 70.2 Å². The number of sulfonamides is 1. The summed E-state index contributed by atoms with van der Waals surface area (Å²) in [6.07, 6.45) is 3.48. The summed E-state index contributed by atoms with van der Waals surface area (Å²) < 4.78 is 31.0. The van der Waals surface area contributed by atoms with Gasteiger partial charge in [0.15, 0.2) is 0 Å². The molecule has 1 aromatic rings. The highest BCUT2D eigenvalue weighted by molar-refractivity contribution is 7.88. The van der Waals surface area contributed by atoms with E-state index < -0.39 is 10.0 Å². The number of hydrogen-bond donors (Lipinski definition) is 0. The van der Waals surface area contributed by atoms with E-state index in [0.29, 0.717) is 38.6 Å². The molecule has 0 radical (unpaired) electrons. The molecule has 3 rings (SSSR count). The molecule has 1 aromatic carbocycles. The van der Waals surface area contributed by atoms with Gasteiger partial charge in [-0.15, -0.1) is 0 Å². The van der Waals surface area contributed by atoms with E-state index in [1.54, 1.807) is 0 Å². The summed E-state index contributed by atoms with van der Waals surface area (Å²) in [6.45, 7) is 8.93. The molecule has 0 spiro atoms. The fourth-order valence-electron chi connectivity index (χ4n) is 3.94. The molecule has 1 unspecified atom stereocenters. The molecule has 8 heteroatoms. The first-order valence-corrected chi connectivity index (χ1v) is 12.3. The zero-order valence-corrected chi connectivity index (χ0v) is 18.6. The highest BCUT2D eigenvalue weighted by Gasteiger charge is 2.24. The Balaban J connectivity index is 1.56. The molecule has 1 saturated heterocycles. The van der Waals surface area contributed by atoms with E-state index in [1.807, 2.05) is 23.1 Å². The quantitative estimate of drug-likeness (QED) is 0.697. The van der Waals surface area contributed by atoms with Crippen LogP contribution in [0.1, 0.15) is 37.8 Å². The lowest BCUT2D eigenvalue weighted by molar-refractivity contribution is -0.133. The predicted molar refractivity (Wildman–Crippen MR) is 113 cm³/mol. The van der Waals surface area contributed by atoms with Crippen LogP contribution in [0.5, 0.6) is 5.75 Å². The van der Waals surface area contributed by atoms with Crippen molar-refractivity contribution in [3.63, 3.8) is 0 Å². The number of ether oxygens (including phenoxy) is 1. The van der Waals surface area contributed by atoms with E-state index >= 15 is 0 Å². The SMILES string of the molecule is CCC(C)N1CCN(C(=O)CCc2ccc3c(c2)CN(S(C)(=O)=O)CCO3)CC1. The van der Waals surface area contributed by atoms with Gasteiger partial charge in [0.1, 0.15) is 12.4 Å². The van der Waals surface area contributed by atoms with Crippen molar-refractivity contribution < 1.29 is 17.9 Å². The van der Waals surface area contributed by atoms with Crippen LogP contribution in [0.25, 0.3) is 0 Å². The normalized spacial score (nSPS) is 19.9. The molecule has 1 fully saturated rings. The summed E-state index contributed by atoms with van der Waals surface area (Å²) in [4.78, 5) is 17.1. The second kappa shape index (κ2) is 9.45. The Bertz CT molecular complexity index is 819. The van der Waals surface area contributed by atoms with Crippen LogP contribution in [0.4, 0.5) is 0 Å². The van der Waals surface area contributed by atoms with Crippen LogP contribution in [-0.4, -0.2) is 80.1 Å². The second-order valence-electron chi connectivity index (χ2n) is 8.06. The second-order valence-corrected chi connectivity index (χ2v) is 10.0. The first-order valence-electron chi connectivity index (χ1n) is 10.5. The summed E-state index contributed by atoms with van der Waals surface area (Å²) >= 11 is 0. The van der Waals surface area contributed by atoms with Gasteiger partial charge in [-0.05, 0) is 31.4 Å². The van der Waals surface area contributed by atoms with Crippen molar-refractivity contribution in [1.29, 1.82) is 0 Å². The molecule has 0 aromatic heterocycles. The number of carbonyl (C=O) groups excluding carboxylic acids is 1. The Hall–Kier alpha value is -1.64. The van der Waals surface area contributed by atoms with Gasteiger partial charge in [-0.1, -0.05) is 19.1 Å².